The Kier molecular flexibility index (Phi) is 4.03. The molecule has 1 aromatic heterocycles. The van der Waals surface area contributed by atoms with Crippen molar-refractivity contribution in [1.82, 2.24) is 4.98 Å². The molecule has 94 valence electrons. The van der Waals surface area contributed by atoms with Gasteiger partial charge in [-0.25, -0.2) is 0 Å². The second kappa shape index (κ2) is 5.52. The van der Waals surface area contributed by atoms with E-state index in [1.807, 2.05) is 6.92 Å². The molecule has 2 atom stereocenters. The van der Waals surface area contributed by atoms with Crippen molar-refractivity contribution in [3.63, 3.8) is 0 Å². The normalized spacial score (nSPS) is 25.4. The average Bonchev–Trinajstić information content (AvgIpc) is 2.48. The maximum absolute atomic E-state index is 4.51. The molecule has 0 amide bonds. The van der Waals surface area contributed by atoms with Gasteiger partial charge in [0.05, 0.1) is 11.4 Å². The molecule has 0 aliphatic heterocycles. The second-order valence-corrected chi connectivity index (χ2v) is 5.54. The molecule has 1 aliphatic carbocycles. The first kappa shape index (κ1) is 12.4. The van der Waals surface area contributed by atoms with Crippen LogP contribution in [0.25, 0.3) is 0 Å². The third-order valence-corrected chi connectivity index (χ3v) is 3.84. The lowest BCUT2D eigenvalue weighted by Crippen LogP contribution is -2.19. The summed E-state index contributed by atoms with van der Waals surface area (Å²) in [7, 11) is 0. The van der Waals surface area contributed by atoms with Gasteiger partial charge >= 0.3 is 0 Å². The van der Waals surface area contributed by atoms with Gasteiger partial charge in [0.1, 0.15) is 0 Å². The molecular weight excluding hydrogens is 208 g/mol. The number of aryl methyl sites for hydroxylation is 2. The van der Waals surface area contributed by atoms with Gasteiger partial charge in [-0.3, -0.25) is 4.98 Å². The van der Waals surface area contributed by atoms with Crippen LogP contribution in [-0.4, -0.2) is 11.0 Å². The maximum Gasteiger partial charge on any atom is 0.0606 e. The zero-order valence-corrected chi connectivity index (χ0v) is 11.3. The van der Waals surface area contributed by atoms with E-state index in [9.17, 15) is 0 Å². The largest absolute Gasteiger partial charge is 0.381 e. The molecule has 1 saturated carbocycles. The number of hydrogen-bond donors (Lipinski definition) is 1. The summed E-state index contributed by atoms with van der Waals surface area (Å²) in [5, 5.41) is 3.67. The van der Waals surface area contributed by atoms with Crippen LogP contribution in [0.15, 0.2) is 12.1 Å². The highest BCUT2D eigenvalue weighted by Crippen LogP contribution is 2.25. The molecule has 2 rings (SSSR count). The van der Waals surface area contributed by atoms with Crippen LogP contribution in [0.4, 0.5) is 5.69 Å². The molecule has 1 aromatic rings. The minimum Gasteiger partial charge on any atom is -0.381 e. The van der Waals surface area contributed by atoms with Crippen LogP contribution >= 0.6 is 0 Å². The van der Waals surface area contributed by atoms with Gasteiger partial charge < -0.3 is 5.32 Å². The first-order chi connectivity index (χ1) is 8.15. The number of nitrogens with zero attached hydrogens (tertiary/aromatic N) is 1. The van der Waals surface area contributed by atoms with Gasteiger partial charge in [-0.15, -0.1) is 0 Å². The Morgan fingerprint density at radius 2 is 1.94 bits per heavy atom. The van der Waals surface area contributed by atoms with Crippen LogP contribution < -0.4 is 5.32 Å². The lowest BCUT2D eigenvalue weighted by Gasteiger charge is -2.19. The average molecular weight is 232 g/mol. The van der Waals surface area contributed by atoms with E-state index in [-0.39, 0.29) is 0 Å². The van der Waals surface area contributed by atoms with Crippen LogP contribution in [0.1, 0.15) is 50.4 Å². The topological polar surface area (TPSA) is 24.9 Å². The molecule has 0 saturated heterocycles. The molecule has 1 N–H and O–H groups in total. The van der Waals surface area contributed by atoms with Crippen molar-refractivity contribution in [2.24, 2.45) is 5.92 Å². The summed E-state index contributed by atoms with van der Waals surface area (Å²) in [6.45, 7) is 6.51. The molecule has 0 bridgehead atoms. The quantitative estimate of drug-likeness (QED) is 0.777. The van der Waals surface area contributed by atoms with E-state index >= 15 is 0 Å². The predicted molar refractivity (Wildman–Crippen MR) is 73.4 cm³/mol. The van der Waals surface area contributed by atoms with E-state index in [4.69, 9.17) is 0 Å². The lowest BCUT2D eigenvalue weighted by molar-refractivity contribution is 0.502. The molecule has 1 fully saturated rings. The van der Waals surface area contributed by atoms with Gasteiger partial charge in [-0.1, -0.05) is 19.8 Å². The van der Waals surface area contributed by atoms with Crippen LogP contribution in [0.3, 0.4) is 0 Å². The summed E-state index contributed by atoms with van der Waals surface area (Å²) in [6.07, 6.45) is 6.71. The SMILES string of the molecule is Cc1ccc(NC2CCCC(C)CC2)c(C)n1. The van der Waals surface area contributed by atoms with Crippen molar-refractivity contribution in [2.45, 2.75) is 58.9 Å². The highest BCUT2D eigenvalue weighted by molar-refractivity contribution is 5.48. The van der Waals surface area contributed by atoms with Gasteiger partial charge in [0.15, 0.2) is 0 Å². The molecule has 2 heteroatoms. The van der Waals surface area contributed by atoms with Gasteiger partial charge in [0.2, 0.25) is 0 Å². The Balaban J connectivity index is 2.00. The van der Waals surface area contributed by atoms with E-state index in [1.165, 1.54) is 37.8 Å². The molecule has 0 radical (unpaired) electrons. The zero-order valence-electron chi connectivity index (χ0n) is 11.3. The summed E-state index contributed by atoms with van der Waals surface area (Å²) in [6, 6.07) is 4.91. The Morgan fingerprint density at radius 1 is 1.12 bits per heavy atom. The van der Waals surface area contributed by atoms with Crippen LogP contribution in [0, 0.1) is 19.8 Å². The molecular formula is C15H24N2. The van der Waals surface area contributed by atoms with Crippen molar-refractivity contribution in [3.05, 3.63) is 23.5 Å². The number of nitrogens with one attached hydrogen (secondary N) is 1. The van der Waals surface area contributed by atoms with E-state index in [0.29, 0.717) is 6.04 Å². The third kappa shape index (κ3) is 3.45. The van der Waals surface area contributed by atoms with Gasteiger partial charge in [-0.05, 0) is 51.2 Å². The van der Waals surface area contributed by atoms with Crippen molar-refractivity contribution < 1.29 is 0 Å². The number of aromatic nitrogens is 1. The van der Waals surface area contributed by atoms with E-state index < -0.39 is 0 Å². The zero-order chi connectivity index (χ0) is 12.3. The first-order valence-corrected chi connectivity index (χ1v) is 6.86. The first-order valence-electron chi connectivity index (χ1n) is 6.86. The number of hydrogen-bond acceptors (Lipinski definition) is 2. The molecule has 0 spiro atoms. The molecule has 0 aromatic carbocycles. The standard InChI is InChI=1S/C15H24N2/c1-11-5-4-6-14(9-7-11)17-15-10-8-12(2)16-13(15)3/h8,10-11,14,17H,4-7,9H2,1-3H3. The minimum atomic E-state index is 0.642. The molecule has 1 aliphatic rings. The molecule has 2 unspecified atom stereocenters. The Morgan fingerprint density at radius 3 is 2.71 bits per heavy atom. The fourth-order valence-electron chi connectivity index (χ4n) is 2.69. The highest BCUT2D eigenvalue weighted by atomic mass is 14.9. The minimum absolute atomic E-state index is 0.642. The van der Waals surface area contributed by atoms with Crippen molar-refractivity contribution >= 4 is 5.69 Å². The molecule has 2 nitrogen and oxygen atoms in total. The van der Waals surface area contributed by atoms with E-state index in [0.717, 1.165) is 17.3 Å². The fourth-order valence-corrected chi connectivity index (χ4v) is 2.69. The Bertz CT molecular complexity index is 373. The summed E-state index contributed by atoms with van der Waals surface area (Å²) >= 11 is 0. The number of pyridine rings is 1. The second-order valence-electron chi connectivity index (χ2n) is 5.54. The monoisotopic (exact) mass is 232 g/mol. The van der Waals surface area contributed by atoms with Crippen molar-refractivity contribution in [3.8, 4) is 0 Å². The smallest absolute Gasteiger partial charge is 0.0606 e. The summed E-state index contributed by atoms with van der Waals surface area (Å²) in [5.74, 6) is 0.902. The van der Waals surface area contributed by atoms with Crippen LogP contribution in [0.5, 0.6) is 0 Å². The molecule has 1 heterocycles. The van der Waals surface area contributed by atoms with Gasteiger partial charge in [0, 0.05) is 11.7 Å². The van der Waals surface area contributed by atoms with Gasteiger partial charge in [0.25, 0.3) is 0 Å². The van der Waals surface area contributed by atoms with Crippen molar-refractivity contribution in [1.29, 1.82) is 0 Å². The van der Waals surface area contributed by atoms with E-state index in [1.54, 1.807) is 0 Å². The van der Waals surface area contributed by atoms with E-state index in [2.05, 4.69) is 36.3 Å². The summed E-state index contributed by atoms with van der Waals surface area (Å²) in [4.78, 5) is 4.51. The number of anilines is 1. The maximum atomic E-state index is 4.51. The third-order valence-electron chi connectivity index (χ3n) is 3.84. The number of rotatable bonds is 2. The van der Waals surface area contributed by atoms with Crippen LogP contribution in [0.2, 0.25) is 0 Å². The predicted octanol–water partition coefficient (Wildman–Crippen LogP) is 4.08. The fraction of sp³-hybridized carbons (Fsp3) is 0.667. The summed E-state index contributed by atoms with van der Waals surface area (Å²) in [5.41, 5.74) is 3.44. The highest BCUT2D eigenvalue weighted by Gasteiger charge is 2.16. The Hall–Kier alpha value is -1.05. The van der Waals surface area contributed by atoms with Gasteiger partial charge in [-0.2, -0.15) is 0 Å². The summed E-state index contributed by atoms with van der Waals surface area (Å²) < 4.78 is 0. The Labute approximate surface area is 105 Å². The van der Waals surface area contributed by atoms with Crippen LogP contribution in [-0.2, 0) is 0 Å². The van der Waals surface area contributed by atoms with Crippen molar-refractivity contribution in [2.75, 3.05) is 5.32 Å². The lowest BCUT2D eigenvalue weighted by atomic mass is 10.0. The molecule has 17 heavy (non-hydrogen) atoms.